The van der Waals surface area contributed by atoms with Crippen LogP contribution in [0.5, 0.6) is 0 Å². The monoisotopic (exact) mass is 261 g/mol. The molecule has 4 atom stereocenters. The van der Waals surface area contributed by atoms with Gasteiger partial charge in [-0.2, -0.15) is 0 Å². The second-order valence-electron chi connectivity index (χ2n) is 7.06. The third-order valence-corrected chi connectivity index (χ3v) is 5.17. The predicted molar refractivity (Wildman–Crippen MR) is 76.3 cm³/mol. The number of nitrogens with two attached hydrogens (primary N) is 1. The van der Waals surface area contributed by atoms with Gasteiger partial charge < -0.3 is 5.73 Å². The Balaban J connectivity index is 1.65. The molecule has 2 bridgehead atoms. The van der Waals surface area contributed by atoms with E-state index in [9.17, 15) is 4.39 Å². The van der Waals surface area contributed by atoms with Crippen LogP contribution in [-0.4, -0.2) is 5.54 Å². The molecule has 0 aliphatic heterocycles. The van der Waals surface area contributed by atoms with Crippen molar-refractivity contribution in [1.82, 2.24) is 0 Å². The quantitative estimate of drug-likeness (QED) is 0.873. The molecule has 0 radical (unpaired) electrons. The molecule has 0 amide bonds. The third-order valence-electron chi connectivity index (χ3n) is 5.17. The molecule has 4 unspecified atom stereocenters. The van der Waals surface area contributed by atoms with Crippen LogP contribution >= 0.6 is 0 Å². The van der Waals surface area contributed by atoms with Crippen molar-refractivity contribution < 1.29 is 4.39 Å². The molecule has 1 nitrogen and oxygen atoms in total. The third kappa shape index (κ3) is 2.84. The van der Waals surface area contributed by atoms with Crippen molar-refractivity contribution in [3.63, 3.8) is 0 Å². The number of rotatable bonds is 4. The van der Waals surface area contributed by atoms with E-state index in [-0.39, 0.29) is 11.4 Å². The normalized spacial score (nSPS) is 32.5. The van der Waals surface area contributed by atoms with Gasteiger partial charge in [0.1, 0.15) is 5.82 Å². The Bertz CT molecular complexity index is 454. The van der Waals surface area contributed by atoms with E-state index >= 15 is 0 Å². The van der Waals surface area contributed by atoms with E-state index < -0.39 is 0 Å². The summed E-state index contributed by atoms with van der Waals surface area (Å²) in [6, 6.07) is 7.03. The minimum Gasteiger partial charge on any atom is -0.325 e. The molecule has 2 heteroatoms. The van der Waals surface area contributed by atoms with Crippen molar-refractivity contribution in [1.29, 1.82) is 0 Å². The zero-order chi connectivity index (χ0) is 13.5. The summed E-state index contributed by atoms with van der Waals surface area (Å²) in [5.74, 6) is 2.51. The fourth-order valence-corrected chi connectivity index (χ4v) is 4.37. The lowest BCUT2D eigenvalue weighted by molar-refractivity contribution is 0.249. The Hall–Kier alpha value is -0.890. The lowest BCUT2D eigenvalue weighted by Crippen LogP contribution is -2.41. The maximum atomic E-state index is 13.7. The molecular formula is C17H24FN. The van der Waals surface area contributed by atoms with Crippen LogP contribution in [0.2, 0.25) is 0 Å². The largest absolute Gasteiger partial charge is 0.325 e. The summed E-state index contributed by atoms with van der Waals surface area (Å²) in [6.07, 6.45) is 7.28. The highest BCUT2D eigenvalue weighted by Crippen LogP contribution is 2.50. The van der Waals surface area contributed by atoms with Crippen molar-refractivity contribution in [3.05, 3.63) is 35.6 Å². The van der Waals surface area contributed by atoms with Gasteiger partial charge in [0.05, 0.1) is 0 Å². The average molecular weight is 261 g/mol. The number of halogens is 1. The number of hydrogen-bond donors (Lipinski definition) is 1. The van der Waals surface area contributed by atoms with E-state index in [1.54, 1.807) is 6.07 Å². The molecule has 2 aliphatic rings. The first-order chi connectivity index (χ1) is 9.03. The highest BCUT2D eigenvalue weighted by Gasteiger charge is 2.41. The molecule has 1 aromatic rings. The molecule has 2 N–H and O–H groups in total. The van der Waals surface area contributed by atoms with E-state index in [1.165, 1.54) is 31.7 Å². The smallest absolute Gasteiger partial charge is 0.126 e. The minimum absolute atomic E-state index is 0.118. The van der Waals surface area contributed by atoms with Gasteiger partial charge in [-0.1, -0.05) is 24.6 Å². The van der Waals surface area contributed by atoms with Crippen LogP contribution in [0.15, 0.2) is 24.3 Å². The minimum atomic E-state index is -0.280. The molecule has 104 valence electrons. The van der Waals surface area contributed by atoms with Gasteiger partial charge in [-0.05, 0) is 68.4 Å². The maximum absolute atomic E-state index is 13.7. The highest BCUT2D eigenvalue weighted by molar-refractivity contribution is 5.19. The van der Waals surface area contributed by atoms with Crippen LogP contribution in [0.4, 0.5) is 4.39 Å². The summed E-state index contributed by atoms with van der Waals surface area (Å²) in [6.45, 7) is 2.09. The Morgan fingerprint density at radius 3 is 2.68 bits per heavy atom. The van der Waals surface area contributed by atoms with Crippen LogP contribution in [0.3, 0.4) is 0 Å². The summed E-state index contributed by atoms with van der Waals surface area (Å²) in [4.78, 5) is 0. The second kappa shape index (κ2) is 4.90. The standard InChI is InChI=1S/C17H24FN/c1-17(19,10-14-4-2-3-5-16(14)18)11-15-9-12-6-7-13(15)8-12/h2-5,12-13,15H,6-11,19H2,1H3. The van der Waals surface area contributed by atoms with Crippen LogP contribution in [0, 0.1) is 23.6 Å². The summed E-state index contributed by atoms with van der Waals surface area (Å²) in [5, 5.41) is 0. The van der Waals surface area contributed by atoms with Crippen molar-refractivity contribution >= 4 is 0 Å². The molecule has 2 aliphatic carbocycles. The lowest BCUT2D eigenvalue weighted by Gasteiger charge is -2.32. The summed E-state index contributed by atoms with van der Waals surface area (Å²) >= 11 is 0. The molecule has 3 rings (SSSR count). The topological polar surface area (TPSA) is 26.0 Å². The first-order valence-electron chi connectivity index (χ1n) is 7.56. The van der Waals surface area contributed by atoms with Crippen molar-refractivity contribution in [2.24, 2.45) is 23.5 Å². The zero-order valence-electron chi connectivity index (χ0n) is 11.7. The average Bonchev–Trinajstić information content (AvgIpc) is 2.93. The summed E-state index contributed by atoms with van der Waals surface area (Å²) in [7, 11) is 0. The Labute approximate surface area is 115 Å². The molecule has 2 fully saturated rings. The Morgan fingerprint density at radius 1 is 1.26 bits per heavy atom. The van der Waals surface area contributed by atoms with Gasteiger partial charge in [0.2, 0.25) is 0 Å². The first-order valence-corrected chi connectivity index (χ1v) is 7.56. The lowest BCUT2D eigenvalue weighted by atomic mass is 9.77. The van der Waals surface area contributed by atoms with Gasteiger partial charge in [-0.25, -0.2) is 4.39 Å². The van der Waals surface area contributed by atoms with Crippen molar-refractivity contribution in [3.8, 4) is 0 Å². The number of benzene rings is 1. The van der Waals surface area contributed by atoms with Crippen LogP contribution in [0.25, 0.3) is 0 Å². The van der Waals surface area contributed by atoms with Crippen LogP contribution in [0.1, 0.15) is 44.6 Å². The second-order valence-corrected chi connectivity index (χ2v) is 7.06. The fraction of sp³-hybridized carbons (Fsp3) is 0.647. The van der Waals surface area contributed by atoms with Gasteiger partial charge in [-0.15, -0.1) is 0 Å². The van der Waals surface area contributed by atoms with Crippen LogP contribution < -0.4 is 5.73 Å². The Morgan fingerprint density at radius 2 is 2.05 bits per heavy atom. The fourth-order valence-electron chi connectivity index (χ4n) is 4.37. The molecule has 0 aromatic heterocycles. The van der Waals surface area contributed by atoms with Gasteiger partial charge >= 0.3 is 0 Å². The maximum Gasteiger partial charge on any atom is 0.126 e. The van der Waals surface area contributed by atoms with Crippen molar-refractivity contribution in [2.45, 2.75) is 51.0 Å². The molecule has 19 heavy (non-hydrogen) atoms. The van der Waals surface area contributed by atoms with Gasteiger partial charge in [0.15, 0.2) is 0 Å². The van der Waals surface area contributed by atoms with Crippen LogP contribution in [-0.2, 0) is 6.42 Å². The molecule has 0 spiro atoms. The van der Waals surface area contributed by atoms with Gasteiger partial charge in [-0.3, -0.25) is 0 Å². The molecule has 0 heterocycles. The van der Waals surface area contributed by atoms with E-state index in [0.29, 0.717) is 6.42 Å². The van der Waals surface area contributed by atoms with E-state index in [4.69, 9.17) is 5.73 Å². The SMILES string of the molecule is CC(N)(Cc1ccccc1F)CC1CC2CCC1C2. The Kier molecular flexibility index (Phi) is 3.38. The zero-order valence-corrected chi connectivity index (χ0v) is 11.7. The first kappa shape index (κ1) is 13.1. The van der Waals surface area contributed by atoms with Gasteiger partial charge in [0.25, 0.3) is 0 Å². The predicted octanol–water partition coefficient (Wildman–Crippen LogP) is 3.91. The molecule has 0 saturated heterocycles. The van der Waals surface area contributed by atoms with E-state index in [0.717, 1.165) is 29.7 Å². The van der Waals surface area contributed by atoms with Gasteiger partial charge in [0, 0.05) is 5.54 Å². The molecule has 1 aromatic carbocycles. The van der Waals surface area contributed by atoms with Crippen molar-refractivity contribution in [2.75, 3.05) is 0 Å². The molecule has 2 saturated carbocycles. The van der Waals surface area contributed by atoms with E-state index in [1.807, 2.05) is 12.1 Å². The highest BCUT2D eigenvalue weighted by atomic mass is 19.1. The summed E-state index contributed by atoms with van der Waals surface area (Å²) in [5.41, 5.74) is 6.94. The van der Waals surface area contributed by atoms with E-state index in [2.05, 4.69) is 6.92 Å². The molecular weight excluding hydrogens is 237 g/mol. The number of fused-ring (bicyclic) bond motifs is 2. The number of hydrogen-bond acceptors (Lipinski definition) is 1. The summed E-state index contributed by atoms with van der Waals surface area (Å²) < 4.78 is 13.7.